The monoisotopic (exact) mass is 308 g/mol. The summed E-state index contributed by atoms with van der Waals surface area (Å²) in [6.45, 7) is 5.16. The van der Waals surface area contributed by atoms with Crippen LogP contribution in [0, 0.1) is 5.92 Å². The van der Waals surface area contributed by atoms with E-state index >= 15 is 0 Å². The summed E-state index contributed by atoms with van der Waals surface area (Å²) in [5.74, 6) is 0.459. The van der Waals surface area contributed by atoms with Gasteiger partial charge in [0.15, 0.2) is 5.16 Å². The first kappa shape index (κ1) is 15.7. The minimum Gasteiger partial charge on any atom is -0.494 e. The first-order valence-corrected chi connectivity index (χ1v) is 7.89. The number of hydrogen-bond donors (Lipinski definition) is 1. The number of methoxy groups -OCH3 is 1. The molecule has 1 N–H and O–H groups in total. The molecule has 0 saturated carbocycles. The van der Waals surface area contributed by atoms with Gasteiger partial charge < -0.3 is 14.4 Å². The first-order chi connectivity index (χ1) is 10.0. The summed E-state index contributed by atoms with van der Waals surface area (Å²) in [7, 11) is 1.62. The number of carbonyl (C=O) groups is 1. The summed E-state index contributed by atoms with van der Waals surface area (Å²) in [6, 6.07) is 5.80. The highest BCUT2D eigenvalue weighted by molar-refractivity contribution is 7.99. The van der Waals surface area contributed by atoms with Gasteiger partial charge in [-0.1, -0.05) is 31.7 Å². The highest BCUT2D eigenvalue weighted by atomic mass is 32.2. The smallest absolute Gasteiger partial charge is 0.313 e. The summed E-state index contributed by atoms with van der Waals surface area (Å²) >= 11 is 1.25. The van der Waals surface area contributed by atoms with E-state index in [4.69, 9.17) is 9.84 Å². The van der Waals surface area contributed by atoms with Crippen molar-refractivity contribution in [2.24, 2.45) is 5.92 Å². The number of benzene rings is 1. The molecule has 0 aliphatic carbocycles. The standard InChI is InChI=1S/C15H20N2O3S/c1-10(2)7-8-17-11-5-4-6-12(20-3)14(11)16-15(17)21-9-13(18)19/h4-6,10H,7-9H2,1-3H3,(H,18,19). The van der Waals surface area contributed by atoms with E-state index in [2.05, 4.69) is 23.4 Å². The first-order valence-electron chi connectivity index (χ1n) is 6.90. The third kappa shape index (κ3) is 3.69. The predicted molar refractivity (Wildman–Crippen MR) is 84.1 cm³/mol. The molecule has 0 radical (unpaired) electrons. The molecule has 2 rings (SSSR count). The second kappa shape index (κ2) is 6.85. The van der Waals surface area contributed by atoms with E-state index in [0.717, 1.165) is 29.2 Å². The number of aromatic nitrogens is 2. The number of nitrogens with zero attached hydrogens (tertiary/aromatic N) is 2. The molecule has 0 fully saturated rings. The Labute approximate surface area is 128 Å². The van der Waals surface area contributed by atoms with E-state index in [0.29, 0.717) is 11.7 Å². The fourth-order valence-electron chi connectivity index (χ4n) is 2.10. The van der Waals surface area contributed by atoms with Gasteiger partial charge in [-0.2, -0.15) is 0 Å². The van der Waals surface area contributed by atoms with Crippen molar-refractivity contribution in [3.05, 3.63) is 18.2 Å². The summed E-state index contributed by atoms with van der Waals surface area (Å²) in [4.78, 5) is 15.4. The average molecular weight is 308 g/mol. The number of rotatable bonds is 7. The minimum atomic E-state index is -0.838. The number of imidazole rings is 1. The van der Waals surface area contributed by atoms with Gasteiger partial charge in [-0.15, -0.1) is 0 Å². The Morgan fingerprint density at radius 3 is 2.86 bits per heavy atom. The summed E-state index contributed by atoms with van der Waals surface area (Å²) in [5.41, 5.74) is 1.78. The quantitative estimate of drug-likeness (QED) is 0.795. The van der Waals surface area contributed by atoms with Crippen LogP contribution in [0.15, 0.2) is 23.4 Å². The maximum absolute atomic E-state index is 10.8. The van der Waals surface area contributed by atoms with Crippen LogP contribution in [0.4, 0.5) is 0 Å². The van der Waals surface area contributed by atoms with Gasteiger partial charge in [0, 0.05) is 6.54 Å². The molecule has 114 valence electrons. The van der Waals surface area contributed by atoms with Crippen molar-refractivity contribution < 1.29 is 14.6 Å². The second-order valence-corrected chi connectivity index (χ2v) is 6.18. The number of thioether (sulfide) groups is 1. The maximum atomic E-state index is 10.8. The van der Waals surface area contributed by atoms with Crippen LogP contribution in [0.2, 0.25) is 0 Å². The minimum absolute atomic E-state index is 0.00726. The van der Waals surface area contributed by atoms with Crippen LogP contribution in [0.5, 0.6) is 5.75 Å². The van der Waals surface area contributed by atoms with Crippen LogP contribution in [-0.2, 0) is 11.3 Å². The maximum Gasteiger partial charge on any atom is 0.313 e. The summed E-state index contributed by atoms with van der Waals surface area (Å²) < 4.78 is 7.43. The lowest BCUT2D eigenvalue weighted by atomic mass is 10.1. The number of aryl methyl sites for hydroxylation is 1. The molecule has 0 amide bonds. The molecule has 1 heterocycles. The van der Waals surface area contributed by atoms with E-state index in [1.54, 1.807) is 7.11 Å². The molecule has 0 saturated heterocycles. The third-order valence-corrected chi connectivity index (χ3v) is 4.14. The van der Waals surface area contributed by atoms with E-state index in [-0.39, 0.29) is 5.75 Å². The molecule has 0 aliphatic rings. The number of carboxylic acid groups (broad SMARTS) is 1. The largest absolute Gasteiger partial charge is 0.494 e. The Morgan fingerprint density at radius 1 is 1.48 bits per heavy atom. The van der Waals surface area contributed by atoms with E-state index in [1.165, 1.54) is 11.8 Å². The van der Waals surface area contributed by atoms with Crippen LogP contribution in [0.25, 0.3) is 11.0 Å². The van der Waals surface area contributed by atoms with Crippen molar-refractivity contribution >= 4 is 28.8 Å². The lowest BCUT2D eigenvalue weighted by molar-refractivity contribution is -0.133. The number of aliphatic carboxylic acids is 1. The van der Waals surface area contributed by atoms with Crippen LogP contribution in [-0.4, -0.2) is 33.5 Å². The number of ether oxygens (including phenoxy) is 1. The Bertz CT molecular complexity index is 637. The van der Waals surface area contributed by atoms with Gasteiger partial charge in [0.25, 0.3) is 0 Å². The van der Waals surface area contributed by atoms with Crippen LogP contribution >= 0.6 is 11.8 Å². The van der Waals surface area contributed by atoms with Gasteiger partial charge in [0.1, 0.15) is 11.3 Å². The van der Waals surface area contributed by atoms with E-state index < -0.39 is 5.97 Å². The molecule has 0 atom stereocenters. The summed E-state index contributed by atoms with van der Waals surface area (Å²) in [5, 5.41) is 9.61. The molecule has 0 unspecified atom stereocenters. The Balaban J connectivity index is 2.43. The highest BCUT2D eigenvalue weighted by Gasteiger charge is 2.15. The lowest BCUT2D eigenvalue weighted by Crippen LogP contribution is -2.05. The van der Waals surface area contributed by atoms with Gasteiger partial charge >= 0.3 is 5.97 Å². The highest BCUT2D eigenvalue weighted by Crippen LogP contribution is 2.30. The zero-order chi connectivity index (χ0) is 15.4. The molecule has 2 aromatic rings. The van der Waals surface area contributed by atoms with Crippen LogP contribution in [0.1, 0.15) is 20.3 Å². The Hall–Kier alpha value is -1.69. The van der Waals surface area contributed by atoms with Crippen molar-refractivity contribution in [2.45, 2.75) is 32.0 Å². The van der Waals surface area contributed by atoms with Gasteiger partial charge in [0.2, 0.25) is 0 Å². The number of fused-ring (bicyclic) bond motifs is 1. The third-order valence-electron chi connectivity index (χ3n) is 3.18. The molecule has 0 spiro atoms. The molecule has 1 aromatic carbocycles. The SMILES string of the molecule is COc1cccc2c1nc(SCC(=O)O)n2CCC(C)C. The summed E-state index contributed by atoms with van der Waals surface area (Å²) in [6.07, 6.45) is 1.02. The van der Waals surface area contributed by atoms with Gasteiger partial charge in [-0.05, 0) is 24.5 Å². The van der Waals surface area contributed by atoms with Gasteiger partial charge in [-0.3, -0.25) is 4.79 Å². The fraction of sp³-hybridized carbons (Fsp3) is 0.467. The molecule has 6 heteroatoms. The average Bonchev–Trinajstić information content (AvgIpc) is 2.80. The zero-order valence-electron chi connectivity index (χ0n) is 12.5. The predicted octanol–water partition coefficient (Wildman–Crippen LogP) is 3.27. The Kier molecular flexibility index (Phi) is 5.12. The topological polar surface area (TPSA) is 64.3 Å². The number of para-hydroxylation sites is 1. The molecule has 1 aromatic heterocycles. The van der Waals surface area contributed by atoms with Crippen molar-refractivity contribution in [3.63, 3.8) is 0 Å². The van der Waals surface area contributed by atoms with E-state index in [1.807, 2.05) is 18.2 Å². The molecular formula is C15H20N2O3S. The Morgan fingerprint density at radius 2 is 2.24 bits per heavy atom. The van der Waals surface area contributed by atoms with Crippen molar-refractivity contribution in [1.82, 2.24) is 9.55 Å². The molecular weight excluding hydrogens is 288 g/mol. The molecule has 0 bridgehead atoms. The van der Waals surface area contributed by atoms with Crippen molar-refractivity contribution in [1.29, 1.82) is 0 Å². The molecule has 5 nitrogen and oxygen atoms in total. The number of carboxylic acids is 1. The van der Waals surface area contributed by atoms with Crippen LogP contribution < -0.4 is 4.74 Å². The molecule has 0 aliphatic heterocycles. The zero-order valence-corrected chi connectivity index (χ0v) is 13.3. The number of hydrogen-bond acceptors (Lipinski definition) is 4. The van der Waals surface area contributed by atoms with Crippen LogP contribution in [0.3, 0.4) is 0 Å². The van der Waals surface area contributed by atoms with E-state index in [9.17, 15) is 4.79 Å². The second-order valence-electron chi connectivity index (χ2n) is 5.24. The van der Waals surface area contributed by atoms with Gasteiger partial charge in [-0.25, -0.2) is 4.98 Å². The van der Waals surface area contributed by atoms with Gasteiger partial charge in [0.05, 0.1) is 18.4 Å². The fourth-order valence-corrected chi connectivity index (χ4v) is 2.86. The normalized spacial score (nSPS) is 11.2. The van der Waals surface area contributed by atoms with Crippen molar-refractivity contribution in [2.75, 3.05) is 12.9 Å². The lowest BCUT2D eigenvalue weighted by Gasteiger charge is -2.10. The molecule has 21 heavy (non-hydrogen) atoms. The van der Waals surface area contributed by atoms with Crippen molar-refractivity contribution in [3.8, 4) is 5.75 Å².